The van der Waals surface area contributed by atoms with Crippen LogP contribution in [0.2, 0.25) is 0 Å². The Balaban J connectivity index is 2.45. The summed E-state index contributed by atoms with van der Waals surface area (Å²) in [5.74, 6) is -1.68. The van der Waals surface area contributed by atoms with Crippen LogP contribution in [-0.4, -0.2) is 48.6 Å². The molecule has 0 unspecified atom stereocenters. The monoisotopic (exact) mass is 338 g/mol. The van der Waals surface area contributed by atoms with Gasteiger partial charge < -0.3 is 10.0 Å². The van der Waals surface area contributed by atoms with Crippen molar-refractivity contribution < 1.29 is 19.6 Å². The average Bonchev–Trinajstić information content (AvgIpc) is 2.91. The van der Waals surface area contributed by atoms with Gasteiger partial charge in [-0.25, -0.2) is 0 Å². The molecule has 2 aromatic rings. The number of carbonyl (C=O) groups excluding carboxylic acids is 1. The predicted molar refractivity (Wildman–Crippen MR) is 82.4 cm³/mol. The molecule has 122 valence electrons. The third-order valence-corrected chi connectivity index (χ3v) is 3.53. The number of amides is 1. The molecule has 1 N–H and O–H groups in total. The molecule has 0 atom stereocenters. The zero-order valence-corrected chi connectivity index (χ0v) is 13.2. The van der Waals surface area contributed by atoms with Gasteiger partial charge in [-0.1, -0.05) is 13.8 Å². The first kappa shape index (κ1) is 16.7. The van der Waals surface area contributed by atoms with Crippen molar-refractivity contribution in [3.8, 4) is 0 Å². The van der Waals surface area contributed by atoms with Crippen molar-refractivity contribution >= 4 is 40.3 Å². The number of hydrogen-bond acceptors (Lipinski definition) is 7. The third kappa shape index (κ3) is 3.77. The number of aliphatic carboxylic acids is 1. The number of nitro groups is 1. The number of aromatic nitrogens is 2. The maximum atomic E-state index is 12.6. The number of rotatable bonds is 6. The molecular formula is C13H14N4O5S. The molecule has 23 heavy (non-hydrogen) atoms. The maximum Gasteiger partial charge on any atom is 0.323 e. The van der Waals surface area contributed by atoms with Crippen LogP contribution in [0.5, 0.6) is 0 Å². The van der Waals surface area contributed by atoms with Crippen molar-refractivity contribution in [3.63, 3.8) is 0 Å². The van der Waals surface area contributed by atoms with Crippen LogP contribution in [0.25, 0.3) is 11.0 Å². The van der Waals surface area contributed by atoms with Crippen molar-refractivity contribution in [3.05, 3.63) is 27.8 Å². The molecule has 10 heteroatoms. The average molecular weight is 338 g/mol. The van der Waals surface area contributed by atoms with Gasteiger partial charge in [-0.15, -0.1) is 0 Å². The van der Waals surface area contributed by atoms with Gasteiger partial charge in [-0.3, -0.25) is 19.7 Å². The van der Waals surface area contributed by atoms with Crippen LogP contribution >= 0.6 is 11.7 Å². The first-order chi connectivity index (χ1) is 10.8. The molecular weight excluding hydrogens is 324 g/mol. The number of carboxylic acids is 1. The second kappa shape index (κ2) is 6.65. The van der Waals surface area contributed by atoms with E-state index in [1.54, 1.807) is 0 Å². The van der Waals surface area contributed by atoms with Crippen LogP contribution in [0.1, 0.15) is 24.2 Å². The third-order valence-electron chi connectivity index (χ3n) is 2.98. The molecule has 2 rings (SSSR count). The molecule has 0 aliphatic heterocycles. The zero-order valence-electron chi connectivity index (χ0n) is 12.4. The van der Waals surface area contributed by atoms with Gasteiger partial charge in [0.15, 0.2) is 5.52 Å². The summed E-state index contributed by atoms with van der Waals surface area (Å²) in [7, 11) is 0. The molecule has 1 aromatic carbocycles. The molecule has 1 aromatic heterocycles. The Labute approximate surface area is 135 Å². The zero-order chi connectivity index (χ0) is 17.1. The van der Waals surface area contributed by atoms with Crippen LogP contribution in [0.15, 0.2) is 12.1 Å². The topological polar surface area (TPSA) is 127 Å². The minimum Gasteiger partial charge on any atom is -0.480 e. The summed E-state index contributed by atoms with van der Waals surface area (Å²) in [6, 6.07) is 2.50. The van der Waals surface area contributed by atoms with Gasteiger partial charge in [0.2, 0.25) is 0 Å². The molecule has 1 heterocycles. The number of nitrogens with zero attached hydrogens (tertiary/aromatic N) is 4. The molecule has 0 aliphatic rings. The molecule has 0 radical (unpaired) electrons. The van der Waals surface area contributed by atoms with Crippen molar-refractivity contribution in [2.75, 3.05) is 13.1 Å². The van der Waals surface area contributed by atoms with E-state index >= 15 is 0 Å². The molecule has 0 bridgehead atoms. The summed E-state index contributed by atoms with van der Waals surface area (Å²) in [5.41, 5.74) is 0.0655. The SMILES string of the molecule is CC(C)CN(CC(=O)O)C(=O)c1cc([N+](=O)[O-])c2nsnc2c1. The number of fused-ring (bicyclic) bond motifs is 1. The smallest absolute Gasteiger partial charge is 0.323 e. The predicted octanol–water partition coefficient (Wildman–Crippen LogP) is 1.78. The molecule has 9 nitrogen and oxygen atoms in total. The summed E-state index contributed by atoms with van der Waals surface area (Å²) >= 11 is 0.811. The Bertz CT molecular complexity index is 773. The van der Waals surface area contributed by atoms with Crippen LogP contribution in [-0.2, 0) is 4.79 Å². The molecule has 0 aliphatic carbocycles. The van der Waals surface area contributed by atoms with Crippen LogP contribution < -0.4 is 0 Å². The van der Waals surface area contributed by atoms with Gasteiger partial charge >= 0.3 is 5.97 Å². The second-order valence-corrected chi connectivity index (χ2v) is 5.89. The second-order valence-electron chi connectivity index (χ2n) is 5.36. The number of hydrogen-bond donors (Lipinski definition) is 1. The lowest BCUT2D eigenvalue weighted by Crippen LogP contribution is -2.38. The molecule has 0 fully saturated rings. The largest absolute Gasteiger partial charge is 0.480 e. The van der Waals surface area contributed by atoms with Gasteiger partial charge in [-0.2, -0.15) is 8.75 Å². The van der Waals surface area contributed by atoms with E-state index in [4.69, 9.17) is 5.11 Å². The van der Waals surface area contributed by atoms with E-state index in [9.17, 15) is 19.7 Å². The Morgan fingerprint density at radius 1 is 1.39 bits per heavy atom. The minimum atomic E-state index is -1.15. The number of nitro benzene ring substituents is 1. The lowest BCUT2D eigenvalue weighted by molar-refractivity contribution is -0.383. The lowest BCUT2D eigenvalue weighted by atomic mass is 10.1. The Morgan fingerprint density at radius 2 is 2.09 bits per heavy atom. The van der Waals surface area contributed by atoms with E-state index < -0.39 is 23.3 Å². The van der Waals surface area contributed by atoms with Crippen molar-refractivity contribution in [2.45, 2.75) is 13.8 Å². The summed E-state index contributed by atoms with van der Waals surface area (Å²) in [4.78, 5) is 35.2. The van der Waals surface area contributed by atoms with Gasteiger partial charge in [0, 0.05) is 18.2 Å². The van der Waals surface area contributed by atoms with E-state index in [-0.39, 0.29) is 34.7 Å². The van der Waals surface area contributed by atoms with Gasteiger partial charge in [0.1, 0.15) is 12.1 Å². The van der Waals surface area contributed by atoms with Crippen molar-refractivity contribution in [1.29, 1.82) is 0 Å². The fourth-order valence-corrected chi connectivity index (χ4v) is 2.68. The van der Waals surface area contributed by atoms with Gasteiger partial charge in [0.25, 0.3) is 11.6 Å². The van der Waals surface area contributed by atoms with Crippen molar-refractivity contribution in [1.82, 2.24) is 13.6 Å². The standard InChI is InChI=1S/C13H14N4O5S/c1-7(2)5-16(6-11(18)19)13(20)8-3-9-12(15-23-14-9)10(4-8)17(21)22/h3-4,7H,5-6H2,1-2H3,(H,18,19). The van der Waals surface area contributed by atoms with E-state index in [0.717, 1.165) is 22.7 Å². The minimum absolute atomic E-state index is 0.0267. The Hall–Kier alpha value is -2.62. The van der Waals surface area contributed by atoms with Gasteiger partial charge in [-0.05, 0) is 12.0 Å². The van der Waals surface area contributed by atoms with Crippen molar-refractivity contribution in [2.24, 2.45) is 5.92 Å². The highest BCUT2D eigenvalue weighted by molar-refractivity contribution is 7.00. The fraction of sp³-hybridized carbons (Fsp3) is 0.385. The summed E-state index contributed by atoms with van der Waals surface area (Å²) < 4.78 is 7.78. The van der Waals surface area contributed by atoms with Crippen LogP contribution in [0.3, 0.4) is 0 Å². The summed E-state index contributed by atoms with van der Waals surface area (Å²) in [6.07, 6.45) is 0. The summed E-state index contributed by atoms with van der Waals surface area (Å²) in [6.45, 7) is 3.45. The molecule has 0 saturated carbocycles. The van der Waals surface area contributed by atoms with E-state index in [1.807, 2.05) is 13.8 Å². The van der Waals surface area contributed by atoms with Gasteiger partial charge in [0.05, 0.1) is 16.7 Å². The number of non-ortho nitro benzene ring substituents is 1. The molecule has 0 saturated heterocycles. The number of carboxylic acid groups (broad SMARTS) is 1. The highest BCUT2D eigenvalue weighted by Gasteiger charge is 2.24. The van der Waals surface area contributed by atoms with E-state index in [1.165, 1.54) is 6.07 Å². The highest BCUT2D eigenvalue weighted by atomic mass is 32.1. The Kier molecular flexibility index (Phi) is 4.84. The molecule has 1 amide bonds. The number of carbonyl (C=O) groups is 2. The Morgan fingerprint density at radius 3 is 2.65 bits per heavy atom. The van der Waals surface area contributed by atoms with E-state index in [0.29, 0.717) is 0 Å². The quantitative estimate of drug-likeness (QED) is 0.628. The molecule has 0 spiro atoms. The van der Waals surface area contributed by atoms with Crippen LogP contribution in [0.4, 0.5) is 5.69 Å². The summed E-state index contributed by atoms with van der Waals surface area (Å²) in [5, 5.41) is 20.1. The number of benzene rings is 1. The first-order valence-electron chi connectivity index (χ1n) is 6.71. The highest BCUT2D eigenvalue weighted by Crippen LogP contribution is 2.26. The van der Waals surface area contributed by atoms with Crippen LogP contribution in [0, 0.1) is 16.0 Å². The maximum absolute atomic E-state index is 12.6. The van der Waals surface area contributed by atoms with E-state index in [2.05, 4.69) is 8.75 Å². The normalized spacial score (nSPS) is 10.9. The first-order valence-corrected chi connectivity index (χ1v) is 7.44. The lowest BCUT2D eigenvalue weighted by Gasteiger charge is -2.22. The fourth-order valence-electron chi connectivity index (χ4n) is 2.14.